The molecule has 0 aliphatic carbocycles. The first-order valence-corrected chi connectivity index (χ1v) is 5.60. The van der Waals surface area contributed by atoms with Gasteiger partial charge in [-0.25, -0.2) is 0 Å². The highest BCUT2D eigenvalue weighted by Gasteiger charge is 2.12. The molecule has 0 saturated carbocycles. The van der Waals surface area contributed by atoms with E-state index in [1.54, 1.807) is 6.20 Å². The lowest BCUT2D eigenvalue weighted by Crippen LogP contribution is -2.06. The fourth-order valence-corrected chi connectivity index (χ4v) is 1.76. The van der Waals surface area contributed by atoms with Crippen LogP contribution in [0.1, 0.15) is 24.2 Å². The van der Waals surface area contributed by atoms with Crippen LogP contribution in [0.3, 0.4) is 0 Å². The zero-order valence-corrected chi connectivity index (χ0v) is 10.3. The molecule has 18 heavy (non-hydrogen) atoms. The summed E-state index contributed by atoms with van der Waals surface area (Å²) in [5, 5.41) is 0.977. The third kappa shape index (κ3) is 2.49. The van der Waals surface area contributed by atoms with Crippen molar-refractivity contribution in [2.75, 3.05) is 0 Å². The Hall–Kier alpha value is -2.34. The van der Waals surface area contributed by atoms with Crippen molar-refractivity contribution in [3.8, 4) is 12.3 Å². The van der Waals surface area contributed by atoms with E-state index >= 15 is 0 Å². The Morgan fingerprint density at radius 1 is 1.44 bits per heavy atom. The summed E-state index contributed by atoms with van der Waals surface area (Å²) in [4.78, 5) is 15.3. The summed E-state index contributed by atoms with van der Waals surface area (Å²) >= 11 is 0. The Morgan fingerprint density at radius 2 is 2.22 bits per heavy atom. The van der Waals surface area contributed by atoms with E-state index in [-0.39, 0.29) is 0 Å². The lowest BCUT2D eigenvalue weighted by molar-refractivity contribution is -0.144. The lowest BCUT2D eigenvalue weighted by Gasteiger charge is -2.11. The standard InChI is InChI=1S/C15H13NO2/c1-4-15(18-11(3)17)13-8-12-6-5-10(2)7-14(12)16-9-13/h1,5-9,15H,2-3H3. The summed E-state index contributed by atoms with van der Waals surface area (Å²) in [6.07, 6.45) is 6.33. The maximum atomic E-state index is 11.0. The normalized spacial score (nSPS) is 11.8. The van der Waals surface area contributed by atoms with Gasteiger partial charge in [0.1, 0.15) is 0 Å². The number of esters is 1. The molecular weight excluding hydrogens is 226 g/mol. The summed E-state index contributed by atoms with van der Waals surface area (Å²) in [7, 11) is 0. The van der Waals surface area contributed by atoms with Gasteiger partial charge in [-0.2, -0.15) is 0 Å². The molecule has 0 N–H and O–H groups in total. The van der Waals surface area contributed by atoms with E-state index in [2.05, 4.69) is 10.9 Å². The average molecular weight is 239 g/mol. The van der Waals surface area contributed by atoms with Gasteiger partial charge in [0, 0.05) is 24.1 Å². The molecule has 0 amide bonds. The minimum Gasteiger partial charge on any atom is -0.444 e. The SMILES string of the molecule is C#CC(OC(C)=O)c1cnc2cc(C)ccc2c1. The molecule has 1 atom stereocenters. The molecule has 0 fully saturated rings. The number of aromatic nitrogens is 1. The Bertz CT molecular complexity index is 640. The predicted molar refractivity (Wildman–Crippen MR) is 69.8 cm³/mol. The molecule has 0 bridgehead atoms. The number of terminal acetylenes is 1. The van der Waals surface area contributed by atoms with Crippen LogP contribution < -0.4 is 0 Å². The Morgan fingerprint density at radius 3 is 2.89 bits per heavy atom. The number of pyridine rings is 1. The number of ether oxygens (including phenoxy) is 1. The van der Waals surface area contributed by atoms with Crippen LogP contribution >= 0.6 is 0 Å². The van der Waals surface area contributed by atoms with E-state index in [9.17, 15) is 4.79 Å². The first-order valence-electron chi connectivity index (χ1n) is 5.60. The van der Waals surface area contributed by atoms with Gasteiger partial charge in [0.2, 0.25) is 0 Å². The number of benzene rings is 1. The number of hydrogen-bond donors (Lipinski definition) is 0. The van der Waals surface area contributed by atoms with Gasteiger partial charge < -0.3 is 4.74 Å². The van der Waals surface area contributed by atoms with E-state index in [4.69, 9.17) is 11.2 Å². The van der Waals surface area contributed by atoms with Gasteiger partial charge in [-0.05, 0) is 24.6 Å². The number of nitrogens with zero attached hydrogens (tertiary/aromatic N) is 1. The zero-order chi connectivity index (χ0) is 13.1. The molecule has 1 aromatic heterocycles. The minimum atomic E-state index is -0.680. The van der Waals surface area contributed by atoms with Crippen LogP contribution in [0, 0.1) is 19.3 Å². The van der Waals surface area contributed by atoms with Crippen molar-refractivity contribution in [3.63, 3.8) is 0 Å². The predicted octanol–water partition coefficient (Wildman–Crippen LogP) is 2.78. The van der Waals surface area contributed by atoms with Gasteiger partial charge in [0.05, 0.1) is 5.52 Å². The van der Waals surface area contributed by atoms with Gasteiger partial charge >= 0.3 is 5.97 Å². The zero-order valence-electron chi connectivity index (χ0n) is 10.3. The average Bonchev–Trinajstić information content (AvgIpc) is 2.35. The van der Waals surface area contributed by atoms with Crippen LogP contribution in [0.4, 0.5) is 0 Å². The molecule has 0 saturated heterocycles. The van der Waals surface area contributed by atoms with Crippen molar-refractivity contribution in [2.45, 2.75) is 20.0 Å². The monoisotopic (exact) mass is 239 g/mol. The Kier molecular flexibility index (Phi) is 3.29. The van der Waals surface area contributed by atoms with Crippen molar-refractivity contribution in [3.05, 3.63) is 41.6 Å². The third-order valence-corrected chi connectivity index (χ3v) is 2.60. The molecule has 3 heteroatoms. The van der Waals surface area contributed by atoms with Gasteiger partial charge in [0.15, 0.2) is 6.10 Å². The second-order valence-corrected chi connectivity index (χ2v) is 4.12. The first-order chi connectivity index (χ1) is 8.60. The van der Waals surface area contributed by atoms with E-state index < -0.39 is 12.1 Å². The fourth-order valence-electron chi connectivity index (χ4n) is 1.76. The van der Waals surface area contributed by atoms with Crippen molar-refractivity contribution < 1.29 is 9.53 Å². The Labute approximate surface area is 106 Å². The van der Waals surface area contributed by atoms with Crippen molar-refractivity contribution in [1.29, 1.82) is 0 Å². The summed E-state index contributed by atoms with van der Waals surface area (Å²) in [6.45, 7) is 3.35. The minimum absolute atomic E-state index is 0.401. The number of aryl methyl sites for hydroxylation is 1. The van der Waals surface area contributed by atoms with Crippen LogP contribution in [0.5, 0.6) is 0 Å². The second-order valence-electron chi connectivity index (χ2n) is 4.12. The largest absolute Gasteiger partial charge is 0.444 e. The van der Waals surface area contributed by atoms with Crippen LogP contribution in [0.25, 0.3) is 10.9 Å². The summed E-state index contributed by atoms with van der Waals surface area (Å²) < 4.78 is 5.04. The van der Waals surface area contributed by atoms with Crippen molar-refractivity contribution in [2.24, 2.45) is 0 Å². The topological polar surface area (TPSA) is 39.2 Å². The number of fused-ring (bicyclic) bond motifs is 1. The number of rotatable bonds is 2. The van der Waals surface area contributed by atoms with Crippen LogP contribution in [-0.4, -0.2) is 11.0 Å². The van der Waals surface area contributed by atoms with E-state index in [1.807, 2.05) is 31.2 Å². The fraction of sp³-hybridized carbons (Fsp3) is 0.200. The van der Waals surface area contributed by atoms with Crippen LogP contribution in [-0.2, 0) is 9.53 Å². The van der Waals surface area contributed by atoms with E-state index in [0.717, 1.165) is 16.5 Å². The van der Waals surface area contributed by atoms with Crippen LogP contribution in [0.2, 0.25) is 0 Å². The van der Waals surface area contributed by atoms with E-state index in [0.29, 0.717) is 5.56 Å². The highest BCUT2D eigenvalue weighted by Crippen LogP contribution is 2.21. The van der Waals surface area contributed by atoms with Gasteiger partial charge in [-0.15, -0.1) is 6.42 Å². The molecule has 1 aromatic carbocycles. The molecular formula is C15H13NO2. The lowest BCUT2D eigenvalue weighted by atomic mass is 10.1. The third-order valence-electron chi connectivity index (χ3n) is 2.60. The first kappa shape index (κ1) is 12.1. The second kappa shape index (κ2) is 4.89. The molecule has 2 rings (SSSR count). The van der Waals surface area contributed by atoms with Gasteiger partial charge in [-0.3, -0.25) is 9.78 Å². The number of carbonyl (C=O) groups is 1. The molecule has 0 spiro atoms. The quantitative estimate of drug-likeness (QED) is 0.597. The van der Waals surface area contributed by atoms with Crippen molar-refractivity contribution >= 4 is 16.9 Å². The van der Waals surface area contributed by atoms with Gasteiger partial charge in [-0.1, -0.05) is 18.1 Å². The smallest absolute Gasteiger partial charge is 0.304 e. The molecule has 1 unspecified atom stereocenters. The summed E-state index contributed by atoms with van der Waals surface area (Å²) in [5.41, 5.74) is 2.76. The number of hydrogen-bond acceptors (Lipinski definition) is 3. The maximum Gasteiger partial charge on any atom is 0.304 e. The molecule has 90 valence electrons. The molecule has 0 aliphatic heterocycles. The molecule has 0 radical (unpaired) electrons. The summed E-state index contributed by atoms with van der Waals surface area (Å²) in [6, 6.07) is 7.87. The van der Waals surface area contributed by atoms with E-state index in [1.165, 1.54) is 6.92 Å². The maximum absolute atomic E-state index is 11.0. The molecule has 1 heterocycles. The molecule has 0 aliphatic rings. The van der Waals surface area contributed by atoms with Crippen LogP contribution in [0.15, 0.2) is 30.5 Å². The van der Waals surface area contributed by atoms with Gasteiger partial charge in [0.25, 0.3) is 0 Å². The Balaban J connectivity index is 2.43. The highest BCUT2D eigenvalue weighted by molar-refractivity contribution is 5.80. The summed E-state index contributed by atoms with van der Waals surface area (Å²) in [5.74, 6) is 2.04. The van der Waals surface area contributed by atoms with Crippen molar-refractivity contribution in [1.82, 2.24) is 4.98 Å². The highest BCUT2D eigenvalue weighted by atomic mass is 16.5. The number of carbonyl (C=O) groups excluding carboxylic acids is 1. The molecule has 2 aromatic rings. The molecule has 3 nitrogen and oxygen atoms in total.